The van der Waals surface area contributed by atoms with Gasteiger partial charge in [-0.2, -0.15) is 0 Å². The first kappa shape index (κ1) is 16.5. The highest BCUT2D eigenvalue weighted by Gasteiger charge is 2.19. The Labute approximate surface area is 139 Å². The van der Waals surface area contributed by atoms with Crippen LogP contribution in [0.5, 0.6) is 0 Å². The van der Waals surface area contributed by atoms with Gasteiger partial charge in [-0.15, -0.1) is 11.3 Å². The van der Waals surface area contributed by atoms with Crippen molar-refractivity contribution >= 4 is 40.3 Å². The van der Waals surface area contributed by atoms with Crippen LogP contribution in [0.1, 0.15) is 37.0 Å². The van der Waals surface area contributed by atoms with Crippen LogP contribution in [-0.4, -0.2) is 10.8 Å². The van der Waals surface area contributed by atoms with E-state index in [1.165, 1.54) is 11.3 Å². The third-order valence-corrected chi connectivity index (χ3v) is 4.66. The van der Waals surface area contributed by atoms with Crippen molar-refractivity contribution in [2.24, 2.45) is 0 Å². The number of carbonyl (C=O) groups excluding carboxylic acids is 1. The molecule has 1 heterocycles. The molecule has 0 atom stereocenters. The zero-order chi connectivity index (χ0) is 15.6. The Bertz CT molecular complexity index is 638. The van der Waals surface area contributed by atoms with Gasteiger partial charge in [0.15, 0.2) is 0 Å². The van der Waals surface area contributed by atoms with E-state index in [2.05, 4.69) is 25.8 Å². The highest BCUT2D eigenvalue weighted by molar-refractivity contribution is 7.09. The summed E-state index contributed by atoms with van der Waals surface area (Å²) in [5.41, 5.74) is 1.72. The lowest BCUT2D eigenvalue weighted by molar-refractivity contribution is -0.117. The summed E-state index contributed by atoms with van der Waals surface area (Å²) in [5, 5.41) is 3.93. The van der Waals surface area contributed by atoms with Gasteiger partial charge in [-0.05, 0) is 17.7 Å². The van der Waals surface area contributed by atoms with E-state index in [1.807, 2.05) is 5.38 Å². The molecular formula is C16H17Cl2NOS. The monoisotopic (exact) mass is 341 g/mol. The van der Waals surface area contributed by atoms with Crippen molar-refractivity contribution in [3.8, 4) is 0 Å². The molecule has 21 heavy (non-hydrogen) atoms. The van der Waals surface area contributed by atoms with Gasteiger partial charge in [0.05, 0.1) is 12.1 Å². The Hall–Kier alpha value is -0.900. The second-order valence-corrected chi connectivity index (χ2v) is 7.73. The zero-order valence-electron chi connectivity index (χ0n) is 12.2. The molecule has 0 unspecified atom stereocenters. The summed E-state index contributed by atoms with van der Waals surface area (Å²) in [6.07, 6.45) is 0.561. The first-order valence-electron chi connectivity index (χ1n) is 6.67. The van der Waals surface area contributed by atoms with E-state index in [1.54, 1.807) is 18.2 Å². The lowest BCUT2D eigenvalue weighted by Gasteiger charge is -2.14. The fourth-order valence-corrected chi connectivity index (χ4v) is 3.45. The van der Waals surface area contributed by atoms with E-state index in [0.29, 0.717) is 22.0 Å². The predicted molar refractivity (Wildman–Crippen MR) is 89.7 cm³/mol. The van der Waals surface area contributed by atoms with Gasteiger partial charge < -0.3 is 0 Å². The van der Waals surface area contributed by atoms with E-state index in [-0.39, 0.29) is 17.6 Å². The van der Waals surface area contributed by atoms with Gasteiger partial charge in [0, 0.05) is 27.3 Å². The lowest BCUT2D eigenvalue weighted by Crippen LogP contribution is -2.12. The number of ketones is 1. The number of Topliss-reactive ketones (excluding diaryl/α,β-unsaturated/α-hetero) is 1. The minimum Gasteiger partial charge on any atom is -0.299 e. The van der Waals surface area contributed by atoms with E-state index >= 15 is 0 Å². The molecular weight excluding hydrogens is 325 g/mol. The zero-order valence-corrected chi connectivity index (χ0v) is 14.6. The van der Waals surface area contributed by atoms with Crippen LogP contribution in [0.25, 0.3) is 0 Å². The molecule has 0 bridgehead atoms. The largest absolute Gasteiger partial charge is 0.299 e. The molecule has 1 aromatic carbocycles. The molecule has 0 aliphatic carbocycles. The molecule has 2 rings (SSSR count). The average molecular weight is 342 g/mol. The van der Waals surface area contributed by atoms with Crippen LogP contribution < -0.4 is 0 Å². The third-order valence-electron chi connectivity index (χ3n) is 3.10. The number of thiazole rings is 1. The number of hydrogen-bond donors (Lipinski definition) is 0. The smallest absolute Gasteiger partial charge is 0.144 e. The van der Waals surface area contributed by atoms with E-state index in [0.717, 1.165) is 10.7 Å². The molecule has 0 saturated heterocycles. The van der Waals surface area contributed by atoms with Gasteiger partial charge in [0.1, 0.15) is 10.8 Å². The molecule has 0 radical (unpaired) electrons. The molecule has 2 nitrogen and oxygen atoms in total. The summed E-state index contributed by atoms with van der Waals surface area (Å²) in [7, 11) is 0. The fraction of sp³-hybridized carbons (Fsp3) is 0.375. The summed E-state index contributed by atoms with van der Waals surface area (Å²) in [6.45, 7) is 6.32. The van der Waals surface area contributed by atoms with Gasteiger partial charge in [-0.1, -0.05) is 50.0 Å². The van der Waals surface area contributed by atoms with Crippen molar-refractivity contribution in [1.82, 2.24) is 4.98 Å². The molecule has 0 N–H and O–H groups in total. The number of carbonyl (C=O) groups is 1. The van der Waals surface area contributed by atoms with Crippen LogP contribution in [0.15, 0.2) is 23.6 Å². The Kier molecular flexibility index (Phi) is 5.07. The maximum atomic E-state index is 12.2. The van der Waals surface area contributed by atoms with Crippen LogP contribution >= 0.6 is 34.5 Å². The molecule has 1 aromatic heterocycles. The summed E-state index contributed by atoms with van der Waals surface area (Å²) >= 11 is 13.7. The molecule has 112 valence electrons. The van der Waals surface area contributed by atoms with E-state index < -0.39 is 0 Å². The summed E-state index contributed by atoms with van der Waals surface area (Å²) < 4.78 is 0. The second-order valence-electron chi connectivity index (χ2n) is 5.97. The van der Waals surface area contributed by atoms with E-state index in [9.17, 15) is 4.79 Å². The Morgan fingerprint density at radius 3 is 2.33 bits per heavy atom. The van der Waals surface area contributed by atoms with Crippen LogP contribution in [-0.2, 0) is 23.1 Å². The molecule has 5 heteroatoms. The van der Waals surface area contributed by atoms with Gasteiger partial charge in [-0.3, -0.25) is 4.79 Å². The van der Waals surface area contributed by atoms with Gasteiger partial charge in [0.2, 0.25) is 0 Å². The molecule has 0 aliphatic rings. The first-order chi connectivity index (χ1) is 9.77. The first-order valence-corrected chi connectivity index (χ1v) is 8.30. The molecule has 0 fully saturated rings. The molecule has 0 amide bonds. The average Bonchev–Trinajstić information content (AvgIpc) is 2.82. The third kappa shape index (κ3) is 4.29. The SMILES string of the molecule is CC(C)(C)c1csc(CC(=O)Cc2c(Cl)cccc2Cl)n1. The quantitative estimate of drug-likeness (QED) is 0.774. The van der Waals surface area contributed by atoms with Crippen molar-refractivity contribution in [3.05, 3.63) is 49.9 Å². The lowest BCUT2D eigenvalue weighted by atomic mass is 9.93. The number of nitrogens with zero attached hydrogens (tertiary/aromatic N) is 1. The number of rotatable bonds is 4. The molecule has 0 aliphatic heterocycles. The topological polar surface area (TPSA) is 30.0 Å². The van der Waals surface area contributed by atoms with Gasteiger partial charge >= 0.3 is 0 Å². The number of benzene rings is 1. The van der Waals surface area contributed by atoms with Crippen molar-refractivity contribution in [2.75, 3.05) is 0 Å². The minimum atomic E-state index is 0.00381. The number of hydrogen-bond acceptors (Lipinski definition) is 3. The van der Waals surface area contributed by atoms with Crippen LogP contribution in [0.4, 0.5) is 0 Å². The summed E-state index contributed by atoms with van der Waals surface area (Å²) in [4.78, 5) is 16.7. The molecule has 0 spiro atoms. The maximum Gasteiger partial charge on any atom is 0.144 e. The second kappa shape index (κ2) is 6.47. The molecule has 0 saturated carbocycles. The highest BCUT2D eigenvalue weighted by Crippen LogP contribution is 2.27. The summed E-state index contributed by atoms with van der Waals surface area (Å²) in [6, 6.07) is 5.27. The van der Waals surface area contributed by atoms with Crippen molar-refractivity contribution < 1.29 is 4.79 Å². The summed E-state index contributed by atoms with van der Waals surface area (Å²) in [5.74, 6) is 0.0693. The van der Waals surface area contributed by atoms with Crippen molar-refractivity contribution in [2.45, 2.75) is 39.0 Å². The highest BCUT2D eigenvalue weighted by atomic mass is 35.5. The normalized spacial score (nSPS) is 11.7. The fourth-order valence-electron chi connectivity index (χ4n) is 1.87. The standard InChI is InChI=1S/C16H17Cl2NOS/c1-16(2,3)14-9-21-15(19-14)8-10(20)7-11-12(17)5-4-6-13(11)18/h4-6,9H,7-8H2,1-3H3. The Morgan fingerprint density at radius 2 is 1.81 bits per heavy atom. The Morgan fingerprint density at radius 1 is 1.19 bits per heavy atom. The van der Waals surface area contributed by atoms with Crippen molar-refractivity contribution in [3.63, 3.8) is 0 Å². The number of aromatic nitrogens is 1. The van der Waals surface area contributed by atoms with Crippen LogP contribution in [0, 0.1) is 0 Å². The van der Waals surface area contributed by atoms with Gasteiger partial charge in [0.25, 0.3) is 0 Å². The van der Waals surface area contributed by atoms with Crippen molar-refractivity contribution in [1.29, 1.82) is 0 Å². The van der Waals surface area contributed by atoms with E-state index in [4.69, 9.17) is 23.2 Å². The molecule has 2 aromatic rings. The van der Waals surface area contributed by atoms with Crippen LogP contribution in [0.2, 0.25) is 10.0 Å². The Balaban J connectivity index is 2.07. The minimum absolute atomic E-state index is 0.00381. The number of halogens is 2. The van der Waals surface area contributed by atoms with Gasteiger partial charge in [-0.25, -0.2) is 4.98 Å². The van der Waals surface area contributed by atoms with Crippen LogP contribution in [0.3, 0.4) is 0 Å². The maximum absolute atomic E-state index is 12.2. The predicted octanol–water partition coefficient (Wildman–Crippen LogP) is 5.10.